The summed E-state index contributed by atoms with van der Waals surface area (Å²) in [5.74, 6) is 0. The molecule has 0 N–H and O–H groups in total. The molecule has 0 aliphatic carbocycles. The van der Waals surface area contributed by atoms with Crippen LogP contribution in [0, 0.1) is 6.92 Å². The van der Waals surface area contributed by atoms with Crippen LogP contribution < -0.4 is 51.4 Å². The molecule has 0 fully saturated rings. The van der Waals surface area contributed by atoms with E-state index in [4.69, 9.17) is 0 Å². The standard InChI is InChI=1S/C7H6Br.K/c1-6-3-2-4-7(8)5-6;/h2-5H,1H2;/q-1;+1. The van der Waals surface area contributed by atoms with Gasteiger partial charge in [0.1, 0.15) is 0 Å². The van der Waals surface area contributed by atoms with Gasteiger partial charge >= 0.3 is 51.4 Å². The van der Waals surface area contributed by atoms with E-state index in [-0.39, 0.29) is 51.4 Å². The van der Waals surface area contributed by atoms with Crippen LogP contribution in [0.4, 0.5) is 0 Å². The molecule has 1 aromatic rings. The quantitative estimate of drug-likeness (QED) is 0.404. The first-order valence-corrected chi connectivity index (χ1v) is 3.16. The Kier molecular flexibility index (Phi) is 5.60. The van der Waals surface area contributed by atoms with Crippen LogP contribution in [0.15, 0.2) is 28.7 Å². The summed E-state index contributed by atoms with van der Waals surface area (Å²) in [7, 11) is 0. The summed E-state index contributed by atoms with van der Waals surface area (Å²) >= 11 is 3.32. The van der Waals surface area contributed by atoms with Crippen LogP contribution in [0.1, 0.15) is 5.56 Å². The Hall–Kier alpha value is 1.21. The van der Waals surface area contributed by atoms with Crippen LogP contribution >= 0.6 is 15.9 Å². The minimum atomic E-state index is 0. The average Bonchev–Trinajstić information content (AvgIpc) is 1.64. The predicted octanol–water partition coefficient (Wildman–Crippen LogP) is -0.365. The Morgan fingerprint density at radius 3 is 2.33 bits per heavy atom. The van der Waals surface area contributed by atoms with E-state index in [9.17, 15) is 0 Å². The predicted molar refractivity (Wildman–Crippen MR) is 38.6 cm³/mol. The molecule has 1 aromatic carbocycles. The van der Waals surface area contributed by atoms with Crippen LogP contribution in [0.5, 0.6) is 0 Å². The third-order valence-corrected chi connectivity index (χ3v) is 1.38. The van der Waals surface area contributed by atoms with E-state index in [2.05, 4.69) is 22.9 Å². The van der Waals surface area contributed by atoms with Crippen LogP contribution in [-0.2, 0) is 0 Å². The number of hydrogen-bond donors (Lipinski definition) is 0. The maximum absolute atomic E-state index is 3.75. The molecule has 0 heterocycles. The normalized spacial score (nSPS) is 8.11. The van der Waals surface area contributed by atoms with Gasteiger partial charge in [0.25, 0.3) is 0 Å². The maximum Gasteiger partial charge on any atom is 1.00 e. The fourth-order valence-electron chi connectivity index (χ4n) is 0.537. The molecule has 2 heteroatoms. The van der Waals surface area contributed by atoms with Crippen molar-refractivity contribution in [3.63, 3.8) is 0 Å². The van der Waals surface area contributed by atoms with Gasteiger partial charge in [-0.05, 0) is 4.47 Å². The van der Waals surface area contributed by atoms with Crippen LogP contribution in [0.2, 0.25) is 0 Å². The van der Waals surface area contributed by atoms with Crippen molar-refractivity contribution in [3.05, 3.63) is 41.2 Å². The van der Waals surface area contributed by atoms with Crippen LogP contribution in [-0.4, -0.2) is 0 Å². The Morgan fingerprint density at radius 2 is 2.00 bits per heavy atom. The third kappa shape index (κ3) is 3.81. The van der Waals surface area contributed by atoms with Crippen molar-refractivity contribution in [1.82, 2.24) is 0 Å². The maximum atomic E-state index is 3.75. The molecule has 1 rings (SSSR count). The molecule has 0 nitrogen and oxygen atoms in total. The topological polar surface area (TPSA) is 0 Å². The zero-order valence-corrected chi connectivity index (χ0v) is 10.1. The third-order valence-electron chi connectivity index (χ3n) is 0.889. The number of benzene rings is 1. The molecule has 0 saturated carbocycles. The molecule has 0 amide bonds. The van der Waals surface area contributed by atoms with E-state index in [1.54, 1.807) is 0 Å². The minimum absolute atomic E-state index is 0. The Morgan fingerprint density at radius 1 is 1.33 bits per heavy atom. The summed E-state index contributed by atoms with van der Waals surface area (Å²) in [4.78, 5) is 0. The van der Waals surface area contributed by atoms with Gasteiger partial charge in [-0.15, -0.1) is 12.1 Å². The SMILES string of the molecule is [CH2-]c1cccc(Br)c1.[K+]. The van der Waals surface area contributed by atoms with E-state index in [0.717, 1.165) is 10.0 Å². The molecule has 0 unspecified atom stereocenters. The zero-order chi connectivity index (χ0) is 5.98. The van der Waals surface area contributed by atoms with Crippen molar-refractivity contribution < 1.29 is 51.4 Å². The smallest absolute Gasteiger partial charge is 0.199 e. The molecule has 0 spiro atoms. The Bertz CT molecular complexity index is 169. The largest absolute Gasteiger partial charge is 1.00 e. The molecule has 9 heavy (non-hydrogen) atoms. The first-order chi connectivity index (χ1) is 3.79. The van der Waals surface area contributed by atoms with Gasteiger partial charge in [0.05, 0.1) is 0 Å². The molecule has 42 valence electrons. The summed E-state index contributed by atoms with van der Waals surface area (Å²) in [6.07, 6.45) is 0. The molecule has 0 aliphatic rings. The van der Waals surface area contributed by atoms with Gasteiger partial charge in [0, 0.05) is 0 Å². The van der Waals surface area contributed by atoms with E-state index in [0.29, 0.717) is 0 Å². The second-order valence-corrected chi connectivity index (χ2v) is 2.55. The molecule has 0 bridgehead atoms. The molecule has 0 radical (unpaired) electrons. The van der Waals surface area contributed by atoms with Gasteiger partial charge < -0.3 is 0 Å². The van der Waals surface area contributed by atoms with Gasteiger partial charge in [0.15, 0.2) is 0 Å². The van der Waals surface area contributed by atoms with Crippen molar-refractivity contribution in [2.45, 2.75) is 0 Å². The molecule has 0 atom stereocenters. The monoisotopic (exact) mass is 208 g/mol. The van der Waals surface area contributed by atoms with Gasteiger partial charge in [-0.25, -0.2) is 0 Å². The number of hydrogen-bond acceptors (Lipinski definition) is 0. The minimum Gasteiger partial charge on any atom is -0.199 e. The second kappa shape index (κ2) is 4.94. The fourth-order valence-corrected chi connectivity index (χ4v) is 0.984. The van der Waals surface area contributed by atoms with Crippen molar-refractivity contribution >= 4 is 15.9 Å². The number of halogens is 1. The first kappa shape index (κ1) is 10.2. The molecular weight excluding hydrogens is 203 g/mol. The second-order valence-electron chi connectivity index (χ2n) is 1.63. The van der Waals surface area contributed by atoms with E-state index < -0.39 is 0 Å². The Balaban J connectivity index is 0.000000640. The molecule has 0 aromatic heterocycles. The first-order valence-electron chi connectivity index (χ1n) is 2.36. The summed E-state index contributed by atoms with van der Waals surface area (Å²) < 4.78 is 1.09. The van der Waals surface area contributed by atoms with Gasteiger partial charge in [-0.1, -0.05) is 22.0 Å². The van der Waals surface area contributed by atoms with Crippen molar-refractivity contribution in [1.29, 1.82) is 0 Å². The summed E-state index contributed by atoms with van der Waals surface area (Å²) in [5, 5.41) is 0. The van der Waals surface area contributed by atoms with Crippen molar-refractivity contribution in [2.75, 3.05) is 0 Å². The van der Waals surface area contributed by atoms with E-state index >= 15 is 0 Å². The van der Waals surface area contributed by atoms with E-state index in [1.807, 2.05) is 24.3 Å². The van der Waals surface area contributed by atoms with Gasteiger partial charge in [-0.2, -0.15) is 18.6 Å². The molecule has 0 aliphatic heterocycles. The van der Waals surface area contributed by atoms with Crippen molar-refractivity contribution in [3.8, 4) is 0 Å². The molecular formula is C7H6BrK. The fraction of sp³-hybridized carbons (Fsp3) is 0. The average molecular weight is 209 g/mol. The molecule has 0 saturated heterocycles. The van der Waals surface area contributed by atoms with Crippen LogP contribution in [0.25, 0.3) is 0 Å². The van der Waals surface area contributed by atoms with Crippen molar-refractivity contribution in [2.24, 2.45) is 0 Å². The zero-order valence-electron chi connectivity index (χ0n) is 5.39. The van der Waals surface area contributed by atoms with Gasteiger partial charge in [0.2, 0.25) is 0 Å². The Labute approximate surface area is 107 Å². The summed E-state index contributed by atoms with van der Waals surface area (Å²) in [6.45, 7) is 3.75. The summed E-state index contributed by atoms with van der Waals surface area (Å²) in [5.41, 5.74) is 1.04. The van der Waals surface area contributed by atoms with E-state index in [1.165, 1.54) is 0 Å². The number of rotatable bonds is 0. The summed E-state index contributed by atoms with van der Waals surface area (Å²) in [6, 6.07) is 7.88. The van der Waals surface area contributed by atoms with Crippen LogP contribution in [0.3, 0.4) is 0 Å². The van der Waals surface area contributed by atoms with Gasteiger partial charge in [-0.3, -0.25) is 0 Å².